The number of hydrogen-bond donors (Lipinski definition) is 1. The van der Waals surface area contributed by atoms with Gasteiger partial charge >= 0.3 is 6.09 Å². The van der Waals surface area contributed by atoms with E-state index in [0.29, 0.717) is 12.8 Å². The topological polar surface area (TPSA) is 49.8 Å². The molecule has 0 aliphatic carbocycles. The van der Waals surface area contributed by atoms with Crippen LogP contribution in [0.2, 0.25) is 0 Å². The van der Waals surface area contributed by atoms with Crippen LogP contribution in [-0.2, 0) is 11.2 Å². The van der Waals surface area contributed by atoms with E-state index in [1.165, 1.54) is 0 Å². The van der Waals surface area contributed by atoms with Crippen LogP contribution in [0.4, 0.5) is 4.79 Å². The lowest BCUT2D eigenvalue weighted by atomic mass is 10.0. The highest BCUT2D eigenvalue weighted by atomic mass is 16.6. The van der Waals surface area contributed by atoms with Crippen molar-refractivity contribution in [3.05, 3.63) is 35.9 Å². The van der Waals surface area contributed by atoms with Crippen LogP contribution in [0.25, 0.3) is 0 Å². The van der Waals surface area contributed by atoms with Crippen molar-refractivity contribution < 1.29 is 14.6 Å². The number of rotatable bonds is 2. The van der Waals surface area contributed by atoms with E-state index in [1.807, 2.05) is 58.0 Å². The van der Waals surface area contributed by atoms with Crippen LogP contribution in [0.5, 0.6) is 0 Å². The molecule has 1 saturated heterocycles. The van der Waals surface area contributed by atoms with Gasteiger partial charge in [-0.25, -0.2) is 4.79 Å². The molecule has 1 N–H and O–H groups in total. The molecule has 0 aromatic heterocycles. The Kier molecular flexibility index (Phi) is 4.57. The Hall–Kier alpha value is -1.55. The minimum absolute atomic E-state index is 0.0106. The SMILES string of the molecule is C[C@@H]1C[C@@H](O)[C@H](Cc2ccccc2)N1C(=O)OC(C)(C)C. The minimum atomic E-state index is -0.526. The molecule has 0 bridgehead atoms. The number of carbonyl (C=O) groups is 1. The zero-order chi connectivity index (χ0) is 15.6. The third kappa shape index (κ3) is 3.97. The molecule has 116 valence electrons. The van der Waals surface area contributed by atoms with E-state index in [4.69, 9.17) is 4.74 Å². The van der Waals surface area contributed by atoms with Crippen LogP contribution >= 0.6 is 0 Å². The molecule has 1 amide bonds. The Morgan fingerprint density at radius 1 is 1.33 bits per heavy atom. The maximum Gasteiger partial charge on any atom is 0.410 e. The fourth-order valence-corrected chi connectivity index (χ4v) is 2.85. The van der Waals surface area contributed by atoms with Crippen molar-refractivity contribution in [2.45, 2.75) is 64.3 Å². The molecule has 0 spiro atoms. The maximum atomic E-state index is 12.4. The first-order valence-corrected chi connectivity index (χ1v) is 7.51. The molecule has 0 radical (unpaired) electrons. The van der Waals surface area contributed by atoms with Crippen molar-refractivity contribution in [3.8, 4) is 0 Å². The average Bonchev–Trinajstić information content (AvgIpc) is 2.63. The number of likely N-dealkylation sites (tertiary alicyclic amines) is 1. The van der Waals surface area contributed by atoms with Gasteiger partial charge in [-0.15, -0.1) is 0 Å². The lowest BCUT2D eigenvalue weighted by Crippen LogP contribution is -2.46. The standard InChI is InChI=1S/C17H25NO3/c1-12-10-15(19)14(11-13-8-6-5-7-9-13)18(12)16(20)21-17(2,3)4/h5-9,12,14-15,19H,10-11H2,1-4H3/t12-,14+,15-/m1/s1. The van der Waals surface area contributed by atoms with Crippen molar-refractivity contribution in [3.63, 3.8) is 0 Å². The van der Waals surface area contributed by atoms with Gasteiger partial charge in [0.25, 0.3) is 0 Å². The first-order valence-electron chi connectivity index (χ1n) is 7.51. The Morgan fingerprint density at radius 2 is 1.95 bits per heavy atom. The van der Waals surface area contributed by atoms with Gasteiger partial charge in [0.05, 0.1) is 12.1 Å². The Morgan fingerprint density at radius 3 is 2.52 bits per heavy atom. The van der Waals surface area contributed by atoms with E-state index < -0.39 is 11.7 Å². The molecular formula is C17H25NO3. The van der Waals surface area contributed by atoms with Crippen LogP contribution in [0.1, 0.15) is 39.7 Å². The fraction of sp³-hybridized carbons (Fsp3) is 0.588. The lowest BCUT2D eigenvalue weighted by Gasteiger charge is -2.32. The smallest absolute Gasteiger partial charge is 0.410 e. The molecule has 4 nitrogen and oxygen atoms in total. The van der Waals surface area contributed by atoms with Crippen LogP contribution < -0.4 is 0 Å². The normalized spacial score (nSPS) is 26.0. The summed E-state index contributed by atoms with van der Waals surface area (Å²) in [5, 5.41) is 10.3. The number of ether oxygens (including phenoxy) is 1. The van der Waals surface area contributed by atoms with Gasteiger partial charge in [0.1, 0.15) is 5.60 Å². The molecule has 4 heteroatoms. The van der Waals surface area contributed by atoms with E-state index in [-0.39, 0.29) is 18.2 Å². The number of carbonyl (C=O) groups excluding carboxylic acids is 1. The van der Waals surface area contributed by atoms with Crippen molar-refractivity contribution in [2.24, 2.45) is 0 Å². The van der Waals surface area contributed by atoms with Gasteiger partial charge in [-0.05, 0) is 46.1 Å². The number of amides is 1. The molecule has 21 heavy (non-hydrogen) atoms. The molecule has 1 fully saturated rings. The van der Waals surface area contributed by atoms with E-state index in [2.05, 4.69) is 0 Å². The first-order chi connectivity index (χ1) is 9.78. The Balaban J connectivity index is 2.15. The molecule has 1 aromatic carbocycles. The Labute approximate surface area is 126 Å². The van der Waals surface area contributed by atoms with Crippen molar-refractivity contribution >= 4 is 6.09 Å². The van der Waals surface area contributed by atoms with Crippen LogP contribution in [0.15, 0.2) is 30.3 Å². The van der Waals surface area contributed by atoms with E-state index in [1.54, 1.807) is 4.90 Å². The van der Waals surface area contributed by atoms with Crippen molar-refractivity contribution in [1.29, 1.82) is 0 Å². The van der Waals surface area contributed by atoms with Gasteiger partial charge in [-0.1, -0.05) is 30.3 Å². The van der Waals surface area contributed by atoms with Gasteiger partial charge in [0, 0.05) is 6.04 Å². The lowest BCUT2D eigenvalue weighted by molar-refractivity contribution is 0.00999. The second-order valence-corrected chi connectivity index (χ2v) is 6.80. The highest BCUT2D eigenvalue weighted by Gasteiger charge is 2.42. The predicted molar refractivity (Wildman–Crippen MR) is 82.1 cm³/mol. The van der Waals surface area contributed by atoms with Crippen molar-refractivity contribution in [1.82, 2.24) is 4.90 Å². The number of nitrogens with zero attached hydrogens (tertiary/aromatic N) is 1. The summed E-state index contributed by atoms with van der Waals surface area (Å²) in [6, 6.07) is 9.70. The number of benzene rings is 1. The summed E-state index contributed by atoms with van der Waals surface area (Å²) < 4.78 is 5.48. The van der Waals surface area contributed by atoms with Gasteiger partial charge in [-0.3, -0.25) is 4.90 Å². The maximum absolute atomic E-state index is 12.4. The molecular weight excluding hydrogens is 266 g/mol. The molecule has 2 rings (SSSR count). The average molecular weight is 291 g/mol. The molecule has 1 aliphatic heterocycles. The largest absolute Gasteiger partial charge is 0.444 e. The minimum Gasteiger partial charge on any atom is -0.444 e. The summed E-state index contributed by atoms with van der Waals surface area (Å²) in [7, 11) is 0. The zero-order valence-corrected chi connectivity index (χ0v) is 13.2. The quantitative estimate of drug-likeness (QED) is 0.911. The second kappa shape index (κ2) is 6.06. The van der Waals surface area contributed by atoms with Crippen LogP contribution in [-0.4, -0.2) is 39.9 Å². The van der Waals surface area contributed by atoms with E-state index in [0.717, 1.165) is 5.56 Å². The highest BCUT2D eigenvalue weighted by Crippen LogP contribution is 2.29. The van der Waals surface area contributed by atoms with Gasteiger partial charge in [0.15, 0.2) is 0 Å². The fourth-order valence-electron chi connectivity index (χ4n) is 2.85. The monoisotopic (exact) mass is 291 g/mol. The highest BCUT2D eigenvalue weighted by molar-refractivity contribution is 5.69. The molecule has 0 unspecified atom stereocenters. The second-order valence-electron chi connectivity index (χ2n) is 6.80. The Bertz CT molecular complexity index is 481. The van der Waals surface area contributed by atoms with Crippen molar-refractivity contribution in [2.75, 3.05) is 0 Å². The summed E-state index contributed by atoms with van der Waals surface area (Å²) in [5.74, 6) is 0. The summed E-state index contributed by atoms with van der Waals surface area (Å²) in [6.07, 6.45) is 0.391. The van der Waals surface area contributed by atoms with E-state index >= 15 is 0 Å². The predicted octanol–water partition coefficient (Wildman–Crippen LogP) is 2.99. The van der Waals surface area contributed by atoms with Gasteiger partial charge in [0.2, 0.25) is 0 Å². The number of aliphatic hydroxyl groups is 1. The van der Waals surface area contributed by atoms with Crippen LogP contribution in [0.3, 0.4) is 0 Å². The van der Waals surface area contributed by atoms with Gasteiger partial charge in [-0.2, -0.15) is 0 Å². The third-order valence-corrected chi connectivity index (χ3v) is 3.75. The van der Waals surface area contributed by atoms with E-state index in [9.17, 15) is 9.90 Å². The first kappa shape index (κ1) is 15.8. The van der Waals surface area contributed by atoms with Gasteiger partial charge < -0.3 is 9.84 Å². The summed E-state index contributed by atoms with van der Waals surface area (Å²) >= 11 is 0. The summed E-state index contributed by atoms with van der Waals surface area (Å²) in [4.78, 5) is 14.1. The van der Waals surface area contributed by atoms with Crippen LogP contribution in [0, 0.1) is 0 Å². The molecule has 0 saturated carbocycles. The molecule has 1 aromatic rings. The number of hydrogen-bond acceptors (Lipinski definition) is 3. The summed E-state index contributed by atoms with van der Waals surface area (Å²) in [6.45, 7) is 7.52. The third-order valence-electron chi connectivity index (χ3n) is 3.75. The zero-order valence-electron chi connectivity index (χ0n) is 13.2. The molecule has 3 atom stereocenters. The molecule has 1 heterocycles. The summed E-state index contributed by atoms with van der Waals surface area (Å²) in [5.41, 5.74) is 0.589. The number of aliphatic hydroxyl groups excluding tert-OH is 1. The molecule has 1 aliphatic rings.